The van der Waals surface area contributed by atoms with Crippen LogP contribution in [0.3, 0.4) is 0 Å². The van der Waals surface area contributed by atoms with E-state index in [9.17, 15) is 0 Å². The van der Waals surface area contributed by atoms with Crippen molar-refractivity contribution in [2.75, 3.05) is 0 Å². The smallest absolute Gasteiger partial charge is 0 e. The molecule has 72 valence electrons. The Balaban J connectivity index is -0.0000000300. The van der Waals surface area contributed by atoms with Crippen molar-refractivity contribution in [2.24, 2.45) is 0 Å². The van der Waals surface area contributed by atoms with Gasteiger partial charge in [0.2, 0.25) is 0 Å². The van der Waals surface area contributed by atoms with Crippen molar-refractivity contribution in [3.8, 4) is 0 Å². The predicted molar refractivity (Wildman–Crippen MR) is 56.2 cm³/mol. The van der Waals surface area contributed by atoms with E-state index in [4.69, 9.17) is 0 Å². The summed E-state index contributed by atoms with van der Waals surface area (Å²) in [4.78, 5) is 0. The van der Waals surface area contributed by atoms with E-state index in [1.54, 1.807) is 0 Å². The van der Waals surface area contributed by atoms with E-state index in [2.05, 4.69) is 13.8 Å². The Morgan fingerprint density at radius 2 is 0.909 bits per heavy atom. The molecule has 0 aliphatic heterocycles. The molecule has 11 heavy (non-hydrogen) atoms. The van der Waals surface area contributed by atoms with Crippen LogP contribution in [0, 0.1) is 0 Å². The Morgan fingerprint density at radius 3 is 1.09 bits per heavy atom. The quantitative estimate of drug-likeness (QED) is 0.522. The van der Waals surface area contributed by atoms with E-state index < -0.39 is 0 Å². The van der Waals surface area contributed by atoms with Gasteiger partial charge in [-0.3, -0.25) is 0 Å². The second-order valence-electron chi connectivity index (χ2n) is 2.06. The number of rotatable bonds is 4. The molecule has 0 saturated heterocycles. The van der Waals surface area contributed by atoms with Gasteiger partial charge in [0.15, 0.2) is 0 Å². The van der Waals surface area contributed by atoms with Gasteiger partial charge < -0.3 is 0 Å². The fourth-order valence-electron chi connectivity index (χ4n) is 0.677. The SMILES string of the molecule is CCCCCCC.Cl.Cl.Cl.[Ti]. The van der Waals surface area contributed by atoms with E-state index in [-0.39, 0.29) is 58.9 Å². The first-order valence-electron chi connectivity index (χ1n) is 3.41. The van der Waals surface area contributed by atoms with Gasteiger partial charge in [0.25, 0.3) is 0 Å². The number of hydrogen-bond acceptors (Lipinski definition) is 0. The maximum atomic E-state index is 2.25. The molecule has 0 amide bonds. The molecule has 0 atom stereocenters. The summed E-state index contributed by atoms with van der Waals surface area (Å²) in [7, 11) is 0. The van der Waals surface area contributed by atoms with E-state index in [0.717, 1.165) is 0 Å². The molecular formula is C7H19Cl3Ti. The van der Waals surface area contributed by atoms with Gasteiger partial charge in [0.05, 0.1) is 0 Å². The fraction of sp³-hybridized carbons (Fsp3) is 1.00. The Hall–Kier alpha value is 1.58. The van der Waals surface area contributed by atoms with Gasteiger partial charge in [0, 0.05) is 21.7 Å². The third kappa shape index (κ3) is 34.1. The zero-order valence-corrected chi connectivity index (χ0v) is 11.3. The van der Waals surface area contributed by atoms with E-state index >= 15 is 0 Å². The van der Waals surface area contributed by atoms with E-state index in [1.165, 1.54) is 32.1 Å². The molecule has 0 rings (SSSR count). The van der Waals surface area contributed by atoms with Crippen LogP contribution < -0.4 is 0 Å². The molecule has 0 aliphatic rings. The molecule has 0 radical (unpaired) electrons. The molecular weight excluding hydrogens is 238 g/mol. The molecule has 0 heterocycles. The second kappa shape index (κ2) is 29.9. The largest absolute Gasteiger partial charge is 0.147 e. The van der Waals surface area contributed by atoms with Crippen molar-refractivity contribution in [1.29, 1.82) is 0 Å². The summed E-state index contributed by atoms with van der Waals surface area (Å²) in [5, 5.41) is 0. The van der Waals surface area contributed by atoms with Crippen LogP contribution in [0.5, 0.6) is 0 Å². The molecule has 0 aromatic rings. The Bertz CT molecular complexity index is 32.9. The Morgan fingerprint density at radius 1 is 0.636 bits per heavy atom. The average molecular weight is 257 g/mol. The third-order valence-corrected chi connectivity index (χ3v) is 1.21. The summed E-state index contributed by atoms with van der Waals surface area (Å²) >= 11 is 0. The van der Waals surface area contributed by atoms with Crippen molar-refractivity contribution in [2.45, 2.75) is 46.0 Å². The van der Waals surface area contributed by atoms with Crippen LogP contribution in [-0.4, -0.2) is 0 Å². The summed E-state index contributed by atoms with van der Waals surface area (Å²) in [6.45, 7) is 4.49. The van der Waals surface area contributed by atoms with Crippen LogP contribution in [0.15, 0.2) is 0 Å². The number of unbranched alkanes of at least 4 members (excludes halogenated alkanes) is 4. The molecule has 0 nitrogen and oxygen atoms in total. The van der Waals surface area contributed by atoms with Gasteiger partial charge in [0.1, 0.15) is 0 Å². The Kier molecular flexibility index (Phi) is 79.9. The molecule has 0 fully saturated rings. The maximum Gasteiger partial charge on any atom is 0 e. The van der Waals surface area contributed by atoms with Crippen LogP contribution in [0.25, 0.3) is 0 Å². The van der Waals surface area contributed by atoms with E-state index in [1.807, 2.05) is 0 Å². The predicted octanol–water partition coefficient (Wildman–Crippen LogP) is 4.24. The van der Waals surface area contributed by atoms with Crippen LogP contribution in [0.2, 0.25) is 0 Å². The van der Waals surface area contributed by atoms with Crippen LogP contribution >= 0.6 is 37.2 Å². The molecule has 0 aliphatic carbocycles. The first-order valence-corrected chi connectivity index (χ1v) is 3.41. The summed E-state index contributed by atoms with van der Waals surface area (Å²) in [6.07, 6.45) is 7.01. The molecule has 0 spiro atoms. The topological polar surface area (TPSA) is 0 Å². The fourth-order valence-corrected chi connectivity index (χ4v) is 0.677. The average Bonchev–Trinajstić information content (AvgIpc) is 1.69. The third-order valence-electron chi connectivity index (χ3n) is 1.21. The summed E-state index contributed by atoms with van der Waals surface area (Å²) in [5.74, 6) is 0. The molecule has 4 heteroatoms. The maximum absolute atomic E-state index is 2.25. The van der Waals surface area contributed by atoms with Crippen LogP contribution in [0.4, 0.5) is 0 Å². The van der Waals surface area contributed by atoms with Gasteiger partial charge in [-0.2, -0.15) is 0 Å². The van der Waals surface area contributed by atoms with E-state index in [0.29, 0.717) is 0 Å². The minimum Gasteiger partial charge on any atom is -0.147 e. The zero-order valence-electron chi connectivity index (χ0n) is 7.26. The molecule has 0 aromatic heterocycles. The van der Waals surface area contributed by atoms with Gasteiger partial charge in [-0.15, -0.1) is 37.2 Å². The molecule has 0 bridgehead atoms. The van der Waals surface area contributed by atoms with Crippen molar-refractivity contribution in [1.82, 2.24) is 0 Å². The summed E-state index contributed by atoms with van der Waals surface area (Å²) in [5.41, 5.74) is 0. The first kappa shape index (κ1) is 29.4. The van der Waals surface area contributed by atoms with Gasteiger partial charge in [-0.05, 0) is 0 Å². The van der Waals surface area contributed by atoms with Crippen LogP contribution in [-0.2, 0) is 21.7 Å². The molecule has 0 aromatic carbocycles. The molecule has 0 saturated carbocycles. The summed E-state index contributed by atoms with van der Waals surface area (Å²) in [6, 6.07) is 0. The zero-order chi connectivity index (χ0) is 5.54. The van der Waals surface area contributed by atoms with Crippen molar-refractivity contribution >= 4 is 37.2 Å². The van der Waals surface area contributed by atoms with Crippen molar-refractivity contribution in [3.05, 3.63) is 0 Å². The normalized spacial score (nSPS) is 6.00. The van der Waals surface area contributed by atoms with Crippen LogP contribution in [0.1, 0.15) is 46.0 Å². The van der Waals surface area contributed by atoms with Crippen molar-refractivity contribution < 1.29 is 21.7 Å². The van der Waals surface area contributed by atoms with Gasteiger partial charge in [-0.1, -0.05) is 46.0 Å². The molecule has 0 N–H and O–H groups in total. The summed E-state index contributed by atoms with van der Waals surface area (Å²) < 4.78 is 0. The minimum atomic E-state index is 0. The standard InChI is InChI=1S/C7H16.3ClH.Ti/c1-3-5-7-6-4-2;;;;/h3-7H2,1-2H3;3*1H;. The van der Waals surface area contributed by atoms with Crippen molar-refractivity contribution in [3.63, 3.8) is 0 Å². The second-order valence-corrected chi connectivity index (χ2v) is 2.06. The number of hydrogen-bond donors (Lipinski definition) is 0. The van der Waals surface area contributed by atoms with Gasteiger partial charge >= 0.3 is 0 Å². The minimum absolute atomic E-state index is 0. The van der Waals surface area contributed by atoms with Gasteiger partial charge in [-0.25, -0.2) is 0 Å². The molecule has 0 unspecified atom stereocenters. The first-order chi connectivity index (χ1) is 3.41. The number of halogens is 3. The Labute approximate surface area is 104 Å². The monoisotopic (exact) mass is 256 g/mol.